The van der Waals surface area contributed by atoms with Gasteiger partial charge in [-0.1, -0.05) is 67.2 Å². The van der Waals surface area contributed by atoms with E-state index in [4.69, 9.17) is 0 Å². The van der Waals surface area contributed by atoms with E-state index in [0.717, 1.165) is 0 Å². The maximum Gasteiger partial charge on any atom is 0.0821 e. The maximum atomic E-state index is 2.80. The van der Waals surface area contributed by atoms with Crippen LogP contribution in [-0.4, -0.2) is 67.6 Å². The molecule has 0 aliphatic heterocycles. The van der Waals surface area contributed by atoms with Crippen LogP contribution in [0.1, 0.15) is 107 Å². The van der Waals surface area contributed by atoms with Gasteiger partial charge in [0.2, 0.25) is 0 Å². The van der Waals surface area contributed by atoms with E-state index in [1.54, 1.807) is 8.64 Å². The molecular formula is C26H56N2S3. The second-order valence-electron chi connectivity index (χ2n) is 8.41. The molecule has 2 nitrogen and oxygen atoms in total. The summed E-state index contributed by atoms with van der Waals surface area (Å²) in [6.07, 6.45) is 10.2. The third kappa shape index (κ3) is 12.7. The largest absolute Gasteiger partial charge is 0.264 e. The fraction of sp³-hybridized carbons (Fsp3) is 0.923. The second kappa shape index (κ2) is 21.3. The van der Waals surface area contributed by atoms with Gasteiger partial charge in [0.15, 0.2) is 0 Å². The Kier molecular flexibility index (Phi) is 21.7. The fourth-order valence-corrected chi connectivity index (χ4v) is 11.4. The lowest BCUT2D eigenvalue weighted by molar-refractivity contribution is 0.427. The quantitative estimate of drug-likeness (QED) is 0.200. The van der Waals surface area contributed by atoms with Gasteiger partial charge < -0.3 is 0 Å². The Hall–Kier alpha value is 0.710. The topological polar surface area (TPSA) is 6.48 Å². The van der Waals surface area contributed by atoms with Crippen molar-refractivity contribution in [3.63, 3.8) is 0 Å². The molecule has 0 atom stereocenters. The Balaban J connectivity index is 6.60. The van der Waals surface area contributed by atoms with Crippen LogP contribution < -0.4 is 0 Å². The number of hydrogen-bond acceptors (Lipinski definition) is 1. The third-order valence-corrected chi connectivity index (χ3v) is 12.8. The minimum atomic E-state index is 0.398. The van der Waals surface area contributed by atoms with Crippen molar-refractivity contribution in [3.05, 3.63) is 0 Å². The smallest absolute Gasteiger partial charge is 0.0821 e. The molecule has 0 heterocycles. The van der Waals surface area contributed by atoms with E-state index < -0.39 is 0 Å². The Morgan fingerprint density at radius 3 is 0.903 bits per heavy atom. The summed E-state index contributed by atoms with van der Waals surface area (Å²) in [5, 5.41) is 0. The number of hydrogen-bond donors (Lipinski definition) is 0. The lowest BCUT2D eigenvalue weighted by Gasteiger charge is -2.33. The fourth-order valence-electron chi connectivity index (χ4n) is 3.89. The molecule has 0 aliphatic carbocycles. The van der Waals surface area contributed by atoms with E-state index in [1.807, 2.05) is 0 Å². The van der Waals surface area contributed by atoms with Crippen LogP contribution in [0.4, 0.5) is 0 Å². The first-order valence-corrected chi connectivity index (χ1v) is 17.3. The van der Waals surface area contributed by atoms with Gasteiger partial charge in [-0.2, -0.15) is 21.0 Å². The van der Waals surface area contributed by atoms with Gasteiger partial charge in [-0.25, -0.2) is 0 Å². The summed E-state index contributed by atoms with van der Waals surface area (Å²) in [5.41, 5.74) is 0. The highest BCUT2D eigenvalue weighted by molar-refractivity contribution is 8.46. The lowest BCUT2D eigenvalue weighted by atomic mass is 10.4. The summed E-state index contributed by atoms with van der Waals surface area (Å²) in [6, 6.07) is 0. The van der Waals surface area contributed by atoms with Gasteiger partial charge in [0.1, 0.15) is 0 Å². The van der Waals surface area contributed by atoms with Gasteiger partial charge in [0.05, 0.1) is 8.64 Å². The SMILES string of the molecule is CCCN(CCC)C(SC(N(CCC)CCC)=S(CCC)CCC)=S(CCC)CCC. The van der Waals surface area contributed by atoms with Gasteiger partial charge in [0, 0.05) is 26.2 Å². The first-order chi connectivity index (χ1) is 15.1. The normalized spacial score (nSPS) is 12.0. The van der Waals surface area contributed by atoms with Gasteiger partial charge in [-0.05, 0) is 74.4 Å². The summed E-state index contributed by atoms with van der Waals surface area (Å²) >= 11 is 2.25. The molecule has 0 fully saturated rings. The molecule has 0 N–H and O–H groups in total. The van der Waals surface area contributed by atoms with Crippen LogP contribution in [0.15, 0.2) is 0 Å². The van der Waals surface area contributed by atoms with Gasteiger partial charge >= 0.3 is 0 Å². The van der Waals surface area contributed by atoms with Crippen molar-refractivity contribution in [1.29, 1.82) is 0 Å². The molecule has 0 aliphatic rings. The second-order valence-corrected chi connectivity index (χ2v) is 14.3. The zero-order chi connectivity index (χ0) is 23.5. The van der Waals surface area contributed by atoms with Crippen LogP contribution in [0, 0.1) is 0 Å². The van der Waals surface area contributed by atoms with Crippen molar-refractivity contribution in [3.8, 4) is 0 Å². The van der Waals surface area contributed by atoms with E-state index in [9.17, 15) is 0 Å². The molecule has 0 rings (SSSR count). The number of rotatable bonds is 16. The summed E-state index contributed by atoms with van der Waals surface area (Å²) < 4.78 is 3.48. The van der Waals surface area contributed by atoms with Crippen molar-refractivity contribution in [2.75, 3.05) is 49.2 Å². The molecule has 0 aromatic rings. The molecule has 31 heavy (non-hydrogen) atoms. The first-order valence-electron chi connectivity index (χ1n) is 13.3. The summed E-state index contributed by atoms with van der Waals surface area (Å²) in [4.78, 5) is 5.60. The molecule has 0 unspecified atom stereocenters. The van der Waals surface area contributed by atoms with Crippen LogP contribution in [0.5, 0.6) is 0 Å². The van der Waals surface area contributed by atoms with E-state index >= 15 is 0 Å². The van der Waals surface area contributed by atoms with Gasteiger partial charge in [-0.15, -0.1) is 0 Å². The molecule has 0 aromatic carbocycles. The van der Waals surface area contributed by atoms with Crippen molar-refractivity contribution < 1.29 is 0 Å². The highest BCUT2D eigenvalue weighted by Crippen LogP contribution is 2.34. The Morgan fingerprint density at radius 2 is 0.710 bits per heavy atom. The van der Waals surface area contributed by atoms with Crippen molar-refractivity contribution in [2.24, 2.45) is 0 Å². The molecular weight excluding hydrogens is 437 g/mol. The predicted molar refractivity (Wildman–Crippen MR) is 158 cm³/mol. The molecule has 0 aromatic heterocycles. The Morgan fingerprint density at radius 1 is 0.452 bits per heavy atom. The highest BCUT2D eigenvalue weighted by Gasteiger charge is 2.22. The Bertz CT molecular complexity index is 431. The average Bonchev–Trinajstić information content (AvgIpc) is 2.74. The maximum absolute atomic E-state index is 2.80. The molecule has 0 saturated heterocycles. The van der Waals surface area contributed by atoms with Gasteiger partial charge in [0.25, 0.3) is 0 Å². The molecule has 0 saturated carbocycles. The third-order valence-electron chi connectivity index (χ3n) is 4.96. The summed E-state index contributed by atoms with van der Waals surface area (Å²) in [7, 11) is 0.796. The average molecular weight is 493 g/mol. The Labute approximate surface area is 206 Å². The molecule has 0 radical (unpaired) electrons. The summed E-state index contributed by atoms with van der Waals surface area (Å²) in [6.45, 7) is 23.8. The van der Waals surface area contributed by atoms with Crippen LogP contribution in [-0.2, 0) is 0 Å². The highest BCUT2D eigenvalue weighted by atomic mass is 32.2. The molecule has 5 heteroatoms. The minimum Gasteiger partial charge on any atom is -0.264 e. The van der Waals surface area contributed by atoms with Crippen molar-refractivity contribution in [2.45, 2.75) is 107 Å². The molecule has 0 bridgehead atoms. The predicted octanol–water partition coefficient (Wildman–Crippen LogP) is 8.32. The van der Waals surface area contributed by atoms with Crippen molar-refractivity contribution >= 4 is 41.4 Å². The molecule has 0 amide bonds. The van der Waals surface area contributed by atoms with E-state index in [1.165, 1.54) is 101 Å². The van der Waals surface area contributed by atoms with Crippen LogP contribution in [0.2, 0.25) is 0 Å². The van der Waals surface area contributed by atoms with Crippen LogP contribution >= 0.6 is 32.7 Å². The molecule has 188 valence electrons. The molecule has 0 spiro atoms. The van der Waals surface area contributed by atoms with E-state index in [0.29, 0.717) is 21.0 Å². The summed E-state index contributed by atoms with van der Waals surface area (Å²) in [5.74, 6) is 5.46. The first kappa shape index (κ1) is 31.7. The van der Waals surface area contributed by atoms with Crippen LogP contribution in [0.25, 0.3) is 0 Å². The zero-order valence-corrected chi connectivity index (χ0v) is 24.9. The van der Waals surface area contributed by atoms with Crippen molar-refractivity contribution in [1.82, 2.24) is 9.80 Å². The van der Waals surface area contributed by atoms with E-state index in [2.05, 4.69) is 77.0 Å². The monoisotopic (exact) mass is 492 g/mol. The number of thioether (sulfide) groups is 1. The van der Waals surface area contributed by atoms with Gasteiger partial charge in [-0.3, -0.25) is 9.80 Å². The van der Waals surface area contributed by atoms with Crippen LogP contribution in [0.3, 0.4) is 0 Å². The lowest BCUT2D eigenvalue weighted by Crippen LogP contribution is -2.37. The zero-order valence-electron chi connectivity index (χ0n) is 22.4. The minimum absolute atomic E-state index is 0.398. The standard InChI is InChI=1S/C26H56N2S3/c1-9-17-27(18-10-2)25(30(21-13-5)22-14-6)29-26(28(19-11-3)20-12-4)31(23-15-7)24-16-8/h9-24H2,1-8H3. The number of nitrogens with zero attached hydrogens (tertiary/aromatic N) is 2. The van der Waals surface area contributed by atoms with E-state index in [-0.39, 0.29) is 0 Å².